The Morgan fingerprint density at radius 2 is 1.47 bits per heavy atom. The second-order valence-corrected chi connectivity index (χ2v) is 4.02. The number of benzene rings is 2. The van der Waals surface area contributed by atoms with Crippen LogP contribution in [-0.4, -0.2) is 11.1 Å². The van der Waals surface area contributed by atoms with Crippen molar-refractivity contribution < 1.29 is 18.8 Å². The number of rotatable bonds is 3. The molecule has 0 saturated heterocycles. The quantitative estimate of drug-likeness (QED) is 0.660. The molecule has 98 valence electrons. The molecule has 2 aromatic carbocycles. The standard InChI is InChI=1S/C14H11F2NO2/c15-11-5-1-3-9(7-11)13(14(18)17-19)10-4-2-6-12(16)8-10/h1-8,13,19H,(H,17,18). The van der Waals surface area contributed by atoms with E-state index in [1.807, 2.05) is 0 Å². The fraction of sp³-hybridized carbons (Fsp3) is 0.0714. The van der Waals surface area contributed by atoms with Crippen LogP contribution in [-0.2, 0) is 4.79 Å². The molecule has 5 heteroatoms. The molecule has 1 amide bonds. The third kappa shape index (κ3) is 2.95. The van der Waals surface area contributed by atoms with Gasteiger partial charge < -0.3 is 0 Å². The molecule has 0 saturated carbocycles. The molecule has 0 aliphatic carbocycles. The van der Waals surface area contributed by atoms with Crippen molar-refractivity contribution in [3.63, 3.8) is 0 Å². The minimum absolute atomic E-state index is 0.331. The van der Waals surface area contributed by atoms with Crippen molar-refractivity contribution in [2.75, 3.05) is 0 Å². The van der Waals surface area contributed by atoms with Gasteiger partial charge in [-0.05, 0) is 35.4 Å². The Hall–Kier alpha value is -2.27. The smallest absolute Gasteiger partial charge is 0.255 e. The normalized spacial score (nSPS) is 10.5. The molecule has 0 unspecified atom stereocenters. The molecule has 2 N–H and O–H groups in total. The van der Waals surface area contributed by atoms with Gasteiger partial charge in [0, 0.05) is 0 Å². The van der Waals surface area contributed by atoms with Gasteiger partial charge in [0.25, 0.3) is 5.91 Å². The van der Waals surface area contributed by atoms with E-state index in [9.17, 15) is 13.6 Å². The summed E-state index contributed by atoms with van der Waals surface area (Å²) in [6, 6.07) is 10.8. The lowest BCUT2D eigenvalue weighted by Gasteiger charge is -2.16. The number of carbonyl (C=O) groups is 1. The number of halogens is 2. The van der Waals surface area contributed by atoms with Gasteiger partial charge in [-0.3, -0.25) is 10.0 Å². The summed E-state index contributed by atoms with van der Waals surface area (Å²) < 4.78 is 26.4. The first-order chi connectivity index (χ1) is 9.11. The maximum Gasteiger partial charge on any atom is 0.255 e. The van der Waals surface area contributed by atoms with Gasteiger partial charge in [0.1, 0.15) is 11.6 Å². The van der Waals surface area contributed by atoms with E-state index in [1.165, 1.54) is 54.0 Å². The van der Waals surface area contributed by atoms with Crippen LogP contribution in [0.2, 0.25) is 0 Å². The summed E-state index contributed by atoms with van der Waals surface area (Å²) >= 11 is 0. The van der Waals surface area contributed by atoms with E-state index < -0.39 is 23.5 Å². The van der Waals surface area contributed by atoms with Crippen LogP contribution in [0.25, 0.3) is 0 Å². The van der Waals surface area contributed by atoms with Crippen molar-refractivity contribution in [3.05, 3.63) is 71.3 Å². The zero-order valence-corrected chi connectivity index (χ0v) is 9.81. The van der Waals surface area contributed by atoms with Gasteiger partial charge in [-0.1, -0.05) is 24.3 Å². The summed E-state index contributed by atoms with van der Waals surface area (Å²) in [5.74, 6) is -2.75. The summed E-state index contributed by atoms with van der Waals surface area (Å²) in [6.07, 6.45) is 0. The van der Waals surface area contributed by atoms with E-state index in [-0.39, 0.29) is 0 Å². The second-order valence-electron chi connectivity index (χ2n) is 4.02. The van der Waals surface area contributed by atoms with Crippen LogP contribution < -0.4 is 5.48 Å². The number of carbonyl (C=O) groups excluding carboxylic acids is 1. The zero-order valence-electron chi connectivity index (χ0n) is 9.81. The Kier molecular flexibility index (Phi) is 3.87. The molecule has 0 fully saturated rings. The molecule has 0 atom stereocenters. The number of hydrogen-bond donors (Lipinski definition) is 2. The van der Waals surface area contributed by atoms with Crippen LogP contribution in [0.4, 0.5) is 8.78 Å². The number of hydrogen-bond acceptors (Lipinski definition) is 2. The van der Waals surface area contributed by atoms with E-state index in [4.69, 9.17) is 5.21 Å². The average molecular weight is 263 g/mol. The van der Waals surface area contributed by atoms with Gasteiger partial charge in [-0.2, -0.15) is 0 Å². The van der Waals surface area contributed by atoms with Gasteiger partial charge in [0.2, 0.25) is 0 Å². The molecule has 2 rings (SSSR count). The van der Waals surface area contributed by atoms with Crippen molar-refractivity contribution in [2.24, 2.45) is 0 Å². The molecule has 0 radical (unpaired) electrons. The third-order valence-electron chi connectivity index (χ3n) is 2.74. The van der Waals surface area contributed by atoms with Gasteiger partial charge in [-0.25, -0.2) is 14.3 Å². The Morgan fingerprint density at radius 3 is 1.84 bits per heavy atom. The SMILES string of the molecule is O=C(NO)C(c1cccc(F)c1)c1cccc(F)c1. The summed E-state index contributed by atoms with van der Waals surface area (Å²) in [4.78, 5) is 11.7. The predicted molar refractivity (Wildman–Crippen MR) is 64.6 cm³/mol. The first-order valence-corrected chi connectivity index (χ1v) is 5.56. The lowest BCUT2D eigenvalue weighted by molar-refractivity contribution is -0.129. The monoisotopic (exact) mass is 263 g/mol. The summed E-state index contributed by atoms with van der Waals surface area (Å²) in [5, 5.41) is 8.78. The van der Waals surface area contributed by atoms with Crippen LogP contribution in [0, 0.1) is 11.6 Å². The van der Waals surface area contributed by atoms with Crippen LogP contribution in [0.5, 0.6) is 0 Å². The van der Waals surface area contributed by atoms with Gasteiger partial charge in [0.05, 0.1) is 5.92 Å². The molecule has 0 heterocycles. The van der Waals surface area contributed by atoms with Crippen molar-refractivity contribution in [3.8, 4) is 0 Å². The van der Waals surface area contributed by atoms with E-state index in [2.05, 4.69) is 0 Å². The molecule has 0 aliphatic heterocycles. The van der Waals surface area contributed by atoms with Crippen LogP contribution in [0.1, 0.15) is 17.0 Å². The zero-order chi connectivity index (χ0) is 13.8. The van der Waals surface area contributed by atoms with Crippen molar-refractivity contribution in [1.82, 2.24) is 5.48 Å². The van der Waals surface area contributed by atoms with E-state index >= 15 is 0 Å². The first-order valence-electron chi connectivity index (χ1n) is 5.56. The largest absolute Gasteiger partial charge is 0.289 e. The lowest BCUT2D eigenvalue weighted by Crippen LogP contribution is -2.27. The van der Waals surface area contributed by atoms with Crippen LogP contribution in [0.3, 0.4) is 0 Å². The topological polar surface area (TPSA) is 49.3 Å². The van der Waals surface area contributed by atoms with Crippen molar-refractivity contribution in [1.29, 1.82) is 0 Å². The minimum Gasteiger partial charge on any atom is -0.289 e. The average Bonchev–Trinajstić information content (AvgIpc) is 2.39. The summed E-state index contributed by atoms with van der Waals surface area (Å²) in [7, 11) is 0. The first kappa shape index (κ1) is 13.2. The highest BCUT2D eigenvalue weighted by Crippen LogP contribution is 2.26. The Morgan fingerprint density at radius 1 is 1.00 bits per heavy atom. The fourth-order valence-corrected chi connectivity index (χ4v) is 1.93. The van der Waals surface area contributed by atoms with Crippen molar-refractivity contribution in [2.45, 2.75) is 5.92 Å². The van der Waals surface area contributed by atoms with Gasteiger partial charge >= 0.3 is 0 Å². The fourth-order valence-electron chi connectivity index (χ4n) is 1.93. The van der Waals surface area contributed by atoms with Crippen LogP contribution in [0.15, 0.2) is 48.5 Å². The van der Waals surface area contributed by atoms with Gasteiger partial charge in [-0.15, -0.1) is 0 Å². The Bertz CT molecular complexity index is 556. The highest BCUT2D eigenvalue weighted by Gasteiger charge is 2.23. The molecule has 2 aromatic rings. The Balaban J connectivity index is 2.50. The molecule has 3 nitrogen and oxygen atoms in total. The maximum atomic E-state index is 13.2. The third-order valence-corrected chi connectivity index (χ3v) is 2.74. The highest BCUT2D eigenvalue weighted by atomic mass is 19.1. The minimum atomic E-state index is -0.976. The summed E-state index contributed by atoms with van der Waals surface area (Å²) in [5.41, 5.74) is 2.18. The molecular weight excluding hydrogens is 252 g/mol. The maximum absolute atomic E-state index is 13.2. The van der Waals surface area contributed by atoms with Crippen LogP contribution >= 0.6 is 0 Å². The van der Waals surface area contributed by atoms with Crippen molar-refractivity contribution >= 4 is 5.91 Å². The van der Waals surface area contributed by atoms with E-state index in [0.29, 0.717) is 11.1 Å². The lowest BCUT2D eigenvalue weighted by atomic mass is 9.90. The molecule has 0 aromatic heterocycles. The second kappa shape index (κ2) is 5.58. The molecule has 0 spiro atoms. The molecular formula is C14H11F2NO2. The Labute approximate surface area is 108 Å². The molecule has 19 heavy (non-hydrogen) atoms. The highest BCUT2D eigenvalue weighted by molar-refractivity contribution is 5.86. The number of nitrogens with one attached hydrogen (secondary N) is 1. The van der Waals surface area contributed by atoms with Gasteiger partial charge in [0.15, 0.2) is 0 Å². The van der Waals surface area contributed by atoms with E-state index in [1.54, 1.807) is 0 Å². The molecule has 0 bridgehead atoms. The van der Waals surface area contributed by atoms with E-state index in [0.717, 1.165) is 0 Å². The predicted octanol–water partition coefficient (Wildman–Crippen LogP) is 2.60. The molecule has 0 aliphatic rings. The number of amides is 1. The summed E-state index contributed by atoms with van der Waals surface area (Å²) in [6.45, 7) is 0. The number of hydroxylamine groups is 1.